The number of aromatic nitrogens is 1. The van der Waals surface area contributed by atoms with Crippen LogP contribution in [0.25, 0.3) is 10.2 Å². The second-order valence-electron chi connectivity index (χ2n) is 4.85. The highest BCUT2D eigenvalue weighted by Gasteiger charge is 2.17. The number of nitrogens with one attached hydrogen (secondary N) is 1. The largest absolute Gasteiger partial charge is 0.397 e. The molecule has 0 spiro atoms. The topological polar surface area (TPSA) is 68.0 Å². The Kier molecular flexibility index (Phi) is 3.89. The standard InChI is InChI=1S/C17H15N3OS/c1-2-6-11-9-13-14(18)15(22-17(13)19-10-11)16(21)20-12-7-4-3-5-8-12/h2-5,7-10H,1,6,18H2,(H,20,21). The molecule has 1 amide bonds. The highest BCUT2D eigenvalue weighted by Crippen LogP contribution is 2.33. The van der Waals surface area contributed by atoms with Crippen LogP contribution >= 0.6 is 11.3 Å². The Hall–Kier alpha value is -2.66. The second-order valence-corrected chi connectivity index (χ2v) is 5.85. The summed E-state index contributed by atoms with van der Waals surface area (Å²) in [6.07, 6.45) is 4.33. The van der Waals surface area contributed by atoms with Crippen LogP contribution in [-0.2, 0) is 6.42 Å². The number of carbonyl (C=O) groups excluding carboxylic acids is 1. The van der Waals surface area contributed by atoms with Crippen LogP contribution in [0.2, 0.25) is 0 Å². The number of nitrogens with zero attached hydrogens (tertiary/aromatic N) is 1. The Bertz CT molecular complexity index is 840. The molecule has 0 bridgehead atoms. The minimum Gasteiger partial charge on any atom is -0.397 e. The molecule has 22 heavy (non-hydrogen) atoms. The molecule has 1 aromatic carbocycles. The van der Waals surface area contributed by atoms with Crippen molar-refractivity contribution in [2.24, 2.45) is 0 Å². The van der Waals surface area contributed by atoms with E-state index in [-0.39, 0.29) is 5.91 Å². The minimum absolute atomic E-state index is 0.211. The van der Waals surface area contributed by atoms with Gasteiger partial charge in [-0.3, -0.25) is 4.79 Å². The summed E-state index contributed by atoms with van der Waals surface area (Å²) in [5.41, 5.74) is 8.39. The Balaban J connectivity index is 1.95. The van der Waals surface area contributed by atoms with E-state index in [1.165, 1.54) is 11.3 Å². The second kappa shape index (κ2) is 5.99. The maximum absolute atomic E-state index is 12.4. The summed E-state index contributed by atoms with van der Waals surface area (Å²) in [6, 6.07) is 11.3. The number of thiophene rings is 1. The molecular weight excluding hydrogens is 294 g/mol. The van der Waals surface area contributed by atoms with Crippen LogP contribution in [0.3, 0.4) is 0 Å². The van der Waals surface area contributed by atoms with Gasteiger partial charge in [0.1, 0.15) is 9.71 Å². The van der Waals surface area contributed by atoms with Gasteiger partial charge in [-0.25, -0.2) is 4.98 Å². The fraction of sp³-hybridized carbons (Fsp3) is 0.0588. The minimum atomic E-state index is -0.211. The van der Waals surface area contributed by atoms with Crippen molar-refractivity contribution in [2.75, 3.05) is 11.1 Å². The summed E-state index contributed by atoms with van der Waals surface area (Å²) in [4.78, 5) is 18.0. The van der Waals surface area contributed by atoms with Gasteiger partial charge in [-0.2, -0.15) is 0 Å². The summed E-state index contributed by atoms with van der Waals surface area (Å²) in [5.74, 6) is -0.211. The zero-order valence-electron chi connectivity index (χ0n) is 11.9. The maximum atomic E-state index is 12.4. The number of fused-ring (bicyclic) bond motifs is 1. The van der Waals surface area contributed by atoms with Gasteiger partial charge in [0.15, 0.2) is 0 Å². The van der Waals surface area contributed by atoms with Gasteiger partial charge < -0.3 is 11.1 Å². The molecule has 0 unspecified atom stereocenters. The fourth-order valence-corrected chi connectivity index (χ4v) is 3.14. The van der Waals surface area contributed by atoms with Gasteiger partial charge >= 0.3 is 0 Å². The molecule has 110 valence electrons. The summed E-state index contributed by atoms with van der Waals surface area (Å²) >= 11 is 1.30. The van der Waals surface area contributed by atoms with Crippen molar-refractivity contribution in [1.29, 1.82) is 0 Å². The fourth-order valence-electron chi connectivity index (χ4n) is 2.20. The van der Waals surface area contributed by atoms with E-state index in [0.717, 1.165) is 27.9 Å². The number of pyridine rings is 1. The van der Waals surface area contributed by atoms with E-state index in [0.29, 0.717) is 10.6 Å². The molecule has 0 saturated carbocycles. The number of hydrogen-bond donors (Lipinski definition) is 2. The Labute approximate surface area is 132 Å². The SMILES string of the molecule is C=CCc1cnc2sc(C(=O)Nc3ccccc3)c(N)c2c1. The number of rotatable bonds is 4. The van der Waals surface area contributed by atoms with E-state index < -0.39 is 0 Å². The third-order valence-corrected chi connectivity index (χ3v) is 4.39. The van der Waals surface area contributed by atoms with E-state index in [4.69, 9.17) is 5.73 Å². The molecule has 4 nitrogen and oxygen atoms in total. The molecule has 0 saturated heterocycles. The first-order valence-corrected chi connectivity index (χ1v) is 7.65. The van der Waals surface area contributed by atoms with Crippen molar-refractivity contribution in [3.05, 3.63) is 65.7 Å². The molecule has 0 radical (unpaired) electrons. The summed E-state index contributed by atoms with van der Waals surface area (Å²) < 4.78 is 0. The van der Waals surface area contributed by atoms with Crippen LogP contribution in [0, 0.1) is 0 Å². The monoisotopic (exact) mass is 309 g/mol. The highest BCUT2D eigenvalue weighted by atomic mass is 32.1. The number of nitrogen functional groups attached to an aromatic ring is 1. The number of amides is 1. The first-order chi connectivity index (χ1) is 10.7. The van der Waals surface area contributed by atoms with Gasteiger partial charge in [-0.1, -0.05) is 24.3 Å². The number of allylic oxidation sites excluding steroid dienone is 1. The van der Waals surface area contributed by atoms with Crippen molar-refractivity contribution in [1.82, 2.24) is 4.98 Å². The Morgan fingerprint density at radius 2 is 2.14 bits per heavy atom. The van der Waals surface area contributed by atoms with E-state index in [1.807, 2.05) is 42.5 Å². The van der Waals surface area contributed by atoms with Crippen LogP contribution in [0.15, 0.2) is 55.3 Å². The molecule has 3 rings (SSSR count). The molecule has 0 aliphatic heterocycles. The Morgan fingerprint density at radius 1 is 1.36 bits per heavy atom. The van der Waals surface area contributed by atoms with E-state index in [2.05, 4.69) is 16.9 Å². The van der Waals surface area contributed by atoms with E-state index >= 15 is 0 Å². The number of hydrogen-bond acceptors (Lipinski definition) is 4. The molecule has 5 heteroatoms. The van der Waals surface area contributed by atoms with Crippen molar-refractivity contribution in [2.45, 2.75) is 6.42 Å². The van der Waals surface area contributed by atoms with Gasteiger partial charge in [-0.05, 0) is 30.2 Å². The van der Waals surface area contributed by atoms with Crippen LogP contribution in [0.4, 0.5) is 11.4 Å². The van der Waals surface area contributed by atoms with Crippen molar-refractivity contribution in [3.63, 3.8) is 0 Å². The zero-order chi connectivity index (χ0) is 15.5. The zero-order valence-corrected chi connectivity index (χ0v) is 12.7. The lowest BCUT2D eigenvalue weighted by atomic mass is 10.1. The molecule has 2 aromatic heterocycles. The maximum Gasteiger partial charge on any atom is 0.267 e. The molecule has 0 aliphatic rings. The predicted molar refractivity (Wildman–Crippen MR) is 92.3 cm³/mol. The molecule has 0 atom stereocenters. The van der Waals surface area contributed by atoms with E-state index in [9.17, 15) is 4.79 Å². The lowest BCUT2D eigenvalue weighted by Gasteiger charge is -2.03. The molecule has 0 aliphatic carbocycles. The molecule has 0 fully saturated rings. The normalized spacial score (nSPS) is 10.5. The smallest absolute Gasteiger partial charge is 0.267 e. The first-order valence-electron chi connectivity index (χ1n) is 6.83. The first kappa shape index (κ1) is 14.3. The van der Waals surface area contributed by atoms with Gasteiger partial charge in [0.2, 0.25) is 0 Å². The number of anilines is 2. The van der Waals surface area contributed by atoms with E-state index in [1.54, 1.807) is 6.20 Å². The van der Waals surface area contributed by atoms with Gasteiger partial charge in [0.25, 0.3) is 5.91 Å². The third kappa shape index (κ3) is 2.71. The third-order valence-electron chi connectivity index (χ3n) is 3.26. The number of para-hydroxylation sites is 1. The van der Waals surface area contributed by atoms with Crippen molar-refractivity contribution < 1.29 is 4.79 Å². The summed E-state index contributed by atoms with van der Waals surface area (Å²) in [7, 11) is 0. The molecule has 3 N–H and O–H groups in total. The average molecular weight is 309 g/mol. The molecule has 3 aromatic rings. The van der Waals surface area contributed by atoms with Crippen LogP contribution < -0.4 is 11.1 Å². The Morgan fingerprint density at radius 3 is 2.86 bits per heavy atom. The predicted octanol–water partition coefficient (Wildman–Crippen LogP) is 3.86. The van der Waals surface area contributed by atoms with Gasteiger partial charge in [0.05, 0.1) is 5.69 Å². The quantitative estimate of drug-likeness (QED) is 0.719. The molecule has 2 heterocycles. The number of benzene rings is 1. The van der Waals surface area contributed by atoms with Crippen molar-refractivity contribution in [3.8, 4) is 0 Å². The highest BCUT2D eigenvalue weighted by molar-refractivity contribution is 7.21. The lowest BCUT2D eigenvalue weighted by molar-refractivity contribution is 0.103. The average Bonchev–Trinajstić information content (AvgIpc) is 2.86. The van der Waals surface area contributed by atoms with Crippen LogP contribution in [0.1, 0.15) is 15.2 Å². The molecular formula is C17H15N3OS. The number of carbonyl (C=O) groups is 1. The van der Waals surface area contributed by atoms with Gasteiger partial charge in [-0.15, -0.1) is 17.9 Å². The van der Waals surface area contributed by atoms with Crippen molar-refractivity contribution >= 4 is 38.8 Å². The van der Waals surface area contributed by atoms with Gasteiger partial charge in [0, 0.05) is 17.3 Å². The van der Waals surface area contributed by atoms with Crippen LogP contribution in [0.5, 0.6) is 0 Å². The van der Waals surface area contributed by atoms with Crippen LogP contribution in [-0.4, -0.2) is 10.9 Å². The lowest BCUT2D eigenvalue weighted by Crippen LogP contribution is -2.11. The summed E-state index contributed by atoms with van der Waals surface area (Å²) in [5, 5.41) is 3.67. The number of nitrogens with two attached hydrogens (primary N) is 1. The summed E-state index contributed by atoms with van der Waals surface area (Å²) in [6.45, 7) is 3.72.